The van der Waals surface area contributed by atoms with Gasteiger partial charge in [0.05, 0.1) is 6.20 Å². The molecule has 0 aliphatic carbocycles. The predicted octanol–water partition coefficient (Wildman–Crippen LogP) is 1.85. The van der Waals surface area contributed by atoms with Crippen molar-refractivity contribution < 1.29 is 10.2 Å². The van der Waals surface area contributed by atoms with E-state index in [0.717, 1.165) is 30.6 Å². The molecule has 102 valence electrons. The number of aryl methyl sites for hydroxylation is 2. The van der Waals surface area contributed by atoms with Crippen LogP contribution in [0.4, 0.5) is 0 Å². The molecule has 1 aromatic carbocycles. The van der Waals surface area contributed by atoms with Crippen LogP contribution in [0.5, 0.6) is 11.5 Å². The maximum atomic E-state index is 9.62. The van der Waals surface area contributed by atoms with Gasteiger partial charge in [-0.1, -0.05) is 6.07 Å². The molecule has 2 aromatic rings. The molecule has 2 rings (SSSR count). The second-order valence-electron chi connectivity index (χ2n) is 4.61. The third kappa shape index (κ3) is 3.72. The van der Waals surface area contributed by atoms with Crippen molar-refractivity contribution in [3.05, 3.63) is 41.2 Å². The number of hydrogen-bond donors (Lipinski definition) is 4. The molecule has 5 heteroatoms. The van der Waals surface area contributed by atoms with Crippen molar-refractivity contribution in [3.8, 4) is 11.5 Å². The van der Waals surface area contributed by atoms with E-state index in [0.29, 0.717) is 6.54 Å². The molecular formula is C14H19N3O2. The standard InChI is InChI=1S/C14H19N3O2/c1-10-11(9-16-17-10)3-2-6-15-8-12-4-5-13(18)7-14(12)19/h4-5,7,9,15,18-19H,2-3,6,8H2,1H3,(H,16,17). The summed E-state index contributed by atoms with van der Waals surface area (Å²) in [7, 11) is 0. The Morgan fingerprint density at radius 3 is 2.79 bits per heavy atom. The molecule has 0 spiro atoms. The molecule has 0 radical (unpaired) electrons. The van der Waals surface area contributed by atoms with E-state index in [1.54, 1.807) is 12.1 Å². The molecule has 0 amide bonds. The van der Waals surface area contributed by atoms with E-state index in [9.17, 15) is 10.2 Å². The lowest BCUT2D eigenvalue weighted by Crippen LogP contribution is -2.15. The lowest BCUT2D eigenvalue weighted by Gasteiger charge is -2.07. The van der Waals surface area contributed by atoms with Crippen LogP contribution in [-0.2, 0) is 13.0 Å². The minimum atomic E-state index is 0.0803. The fourth-order valence-electron chi connectivity index (χ4n) is 1.96. The monoisotopic (exact) mass is 261 g/mol. The molecule has 0 saturated heterocycles. The molecule has 1 aromatic heterocycles. The van der Waals surface area contributed by atoms with Crippen molar-refractivity contribution in [1.82, 2.24) is 15.5 Å². The minimum absolute atomic E-state index is 0.0803. The Morgan fingerprint density at radius 2 is 2.11 bits per heavy atom. The normalized spacial score (nSPS) is 10.8. The summed E-state index contributed by atoms with van der Waals surface area (Å²) in [5.74, 6) is 0.204. The molecule has 0 aliphatic rings. The van der Waals surface area contributed by atoms with Crippen LogP contribution in [0.3, 0.4) is 0 Å². The van der Waals surface area contributed by atoms with Crippen molar-refractivity contribution in [2.24, 2.45) is 0 Å². The summed E-state index contributed by atoms with van der Waals surface area (Å²) in [6, 6.07) is 4.65. The first kappa shape index (κ1) is 13.4. The number of aromatic amines is 1. The molecule has 0 fully saturated rings. The molecule has 5 nitrogen and oxygen atoms in total. The van der Waals surface area contributed by atoms with Gasteiger partial charge in [-0.2, -0.15) is 5.10 Å². The first-order valence-corrected chi connectivity index (χ1v) is 6.37. The summed E-state index contributed by atoms with van der Waals surface area (Å²) in [4.78, 5) is 0. The summed E-state index contributed by atoms with van der Waals surface area (Å²) in [6.45, 7) is 3.48. The fraction of sp³-hybridized carbons (Fsp3) is 0.357. The van der Waals surface area contributed by atoms with Crippen LogP contribution in [-0.4, -0.2) is 27.0 Å². The van der Waals surface area contributed by atoms with Crippen molar-refractivity contribution in [3.63, 3.8) is 0 Å². The van der Waals surface area contributed by atoms with Gasteiger partial charge in [-0.25, -0.2) is 0 Å². The predicted molar refractivity (Wildman–Crippen MR) is 73.1 cm³/mol. The number of H-pyrrole nitrogens is 1. The molecule has 0 bridgehead atoms. The highest BCUT2D eigenvalue weighted by Gasteiger charge is 2.02. The second-order valence-corrected chi connectivity index (χ2v) is 4.61. The zero-order valence-corrected chi connectivity index (χ0v) is 11.0. The van der Waals surface area contributed by atoms with Crippen molar-refractivity contribution in [2.45, 2.75) is 26.3 Å². The first-order chi connectivity index (χ1) is 9.16. The Labute approximate surface area is 112 Å². The zero-order valence-electron chi connectivity index (χ0n) is 11.0. The van der Waals surface area contributed by atoms with Gasteiger partial charge in [0.2, 0.25) is 0 Å². The maximum Gasteiger partial charge on any atom is 0.123 e. The van der Waals surface area contributed by atoms with Gasteiger partial charge in [0.25, 0.3) is 0 Å². The summed E-state index contributed by atoms with van der Waals surface area (Å²) in [5, 5.41) is 29.0. The Balaban J connectivity index is 1.71. The first-order valence-electron chi connectivity index (χ1n) is 6.37. The smallest absolute Gasteiger partial charge is 0.123 e. The van der Waals surface area contributed by atoms with Crippen molar-refractivity contribution in [1.29, 1.82) is 0 Å². The summed E-state index contributed by atoms with van der Waals surface area (Å²) in [5.41, 5.74) is 3.16. The third-order valence-corrected chi connectivity index (χ3v) is 3.12. The highest BCUT2D eigenvalue weighted by molar-refractivity contribution is 5.38. The Hall–Kier alpha value is -2.01. The lowest BCUT2D eigenvalue weighted by atomic mass is 10.1. The van der Waals surface area contributed by atoms with E-state index >= 15 is 0 Å². The Morgan fingerprint density at radius 1 is 1.26 bits per heavy atom. The van der Waals surface area contributed by atoms with E-state index in [2.05, 4.69) is 15.5 Å². The third-order valence-electron chi connectivity index (χ3n) is 3.12. The largest absolute Gasteiger partial charge is 0.508 e. The number of rotatable bonds is 6. The number of benzene rings is 1. The van der Waals surface area contributed by atoms with E-state index in [1.807, 2.05) is 13.1 Å². The topological polar surface area (TPSA) is 81.2 Å². The van der Waals surface area contributed by atoms with Crippen LogP contribution in [0.2, 0.25) is 0 Å². The Kier molecular flexibility index (Phi) is 4.41. The number of phenolic OH excluding ortho intramolecular Hbond substituents is 2. The summed E-state index contributed by atoms with van der Waals surface area (Å²) in [6.07, 6.45) is 3.86. The number of aromatic nitrogens is 2. The number of aromatic hydroxyl groups is 2. The highest BCUT2D eigenvalue weighted by Crippen LogP contribution is 2.22. The van der Waals surface area contributed by atoms with E-state index < -0.39 is 0 Å². The second kappa shape index (κ2) is 6.24. The fourth-order valence-corrected chi connectivity index (χ4v) is 1.96. The molecular weight excluding hydrogens is 242 g/mol. The number of nitrogens with zero attached hydrogens (tertiary/aromatic N) is 1. The van der Waals surface area contributed by atoms with Gasteiger partial charge in [-0.3, -0.25) is 5.10 Å². The molecule has 0 saturated carbocycles. The van der Waals surface area contributed by atoms with Crippen molar-refractivity contribution >= 4 is 0 Å². The average Bonchev–Trinajstić information content (AvgIpc) is 2.77. The van der Waals surface area contributed by atoms with Gasteiger partial charge in [0, 0.05) is 23.9 Å². The summed E-state index contributed by atoms with van der Waals surface area (Å²) >= 11 is 0. The zero-order chi connectivity index (χ0) is 13.7. The number of nitrogens with one attached hydrogen (secondary N) is 2. The minimum Gasteiger partial charge on any atom is -0.508 e. The van der Waals surface area contributed by atoms with E-state index in [4.69, 9.17) is 0 Å². The van der Waals surface area contributed by atoms with Crippen LogP contribution in [0.15, 0.2) is 24.4 Å². The highest BCUT2D eigenvalue weighted by atomic mass is 16.3. The number of phenols is 2. The lowest BCUT2D eigenvalue weighted by molar-refractivity contribution is 0.443. The van der Waals surface area contributed by atoms with Crippen LogP contribution in [0.25, 0.3) is 0 Å². The van der Waals surface area contributed by atoms with Gasteiger partial charge < -0.3 is 15.5 Å². The molecule has 0 atom stereocenters. The summed E-state index contributed by atoms with van der Waals surface area (Å²) < 4.78 is 0. The quantitative estimate of drug-likeness (QED) is 0.598. The average molecular weight is 261 g/mol. The van der Waals surface area contributed by atoms with Crippen molar-refractivity contribution in [2.75, 3.05) is 6.54 Å². The van der Waals surface area contributed by atoms with Gasteiger partial charge in [0.15, 0.2) is 0 Å². The molecule has 0 unspecified atom stereocenters. The molecule has 1 heterocycles. The molecule has 0 aliphatic heterocycles. The van der Waals surface area contributed by atoms with Gasteiger partial charge >= 0.3 is 0 Å². The van der Waals surface area contributed by atoms with Crippen LogP contribution >= 0.6 is 0 Å². The van der Waals surface area contributed by atoms with E-state index in [-0.39, 0.29) is 11.5 Å². The van der Waals surface area contributed by atoms with E-state index in [1.165, 1.54) is 11.6 Å². The van der Waals surface area contributed by atoms with Gasteiger partial charge in [0.1, 0.15) is 11.5 Å². The number of hydrogen-bond acceptors (Lipinski definition) is 4. The maximum absolute atomic E-state index is 9.62. The van der Waals surface area contributed by atoms with Gasteiger partial charge in [-0.05, 0) is 37.9 Å². The van der Waals surface area contributed by atoms with Gasteiger partial charge in [-0.15, -0.1) is 0 Å². The van der Waals surface area contributed by atoms with Crippen LogP contribution < -0.4 is 5.32 Å². The van der Waals surface area contributed by atoms with Crippen LogP contribution in [0.1, 0.15) is 23.2 Å². The molecule has 4 N–H and O–H groups in total. The van der Waals surface area contributed by atoms with Crippen LogP contribution in [0, 0.1) is 6.92 Å². The Bertz CT molecular complexity index is 537. The SMILES string of the molecule is Cc1[nH]ncc1CCCNCc1ccc(O)cc1O. The molecule has 19 heavy (non-hydrogen) atoms.